The van der Waals surface area contributed by atoms with Gasteiger partial charge in [0.05, 0.1) is 25.1 Å². The maximum Gasteiger partial charge on any atom is 0.343 e. The van der Waals surface area contributed by atoms with Crippen LogP contribution in [0.4, 0.5) is 11.4 Å². The van der Waals surface area contributed by atoms with Crippen LogP contribution in [0.25, 0.3) is 4.85 Å². The average Bonchev–Trinajstić information content (AvgIpc) is 2.44. The topological polar surface area (TPSA) is 75.3 Å². The summed E-state index contributed by atoms with van der Waals surface area (Å²) in [7, 11) is 0. The minimum Gasteiger partial charge on any atom is -0.512 e. The van der Waals surface area contributed by atoms with Crippen LogP contribution < -0.4 is 5.43 Å². The van der Waals surface area contributed by atoms with Crippen molar-refractivity contribution in [3.8, 4) is 0 Å². The van der Waals surface area contributed by atoms with Crippen molar-refractivity contribution in [1.29, 1.82) is 0 Å². The molecule has 1 rings (SSSR count). The second-order valence-electron chi connectivity index (χ2n) is 3.75. The zero-order valence-electron chi connectivity index (χ0n) is 11.3. The van der Waals surface area contributed by atoms with Crippen molar-refractivity contribution in [3.05, 3.63) is 47.0 Å². The first-order valence-electron chi connectivity index (χ1n) is 5.92. The zero-order chi connectivity index (χ0) is 15.0. The summed E-state index contributed by atoms with van der Waals surface area (Å²) in [4.78, 5) is 14.8. The fraction of sp³-hybridized carbons (Fsp3) is 0.214. The number of hydrazone groups is 1. The van der Waals surface area contributed by atoms with Gasteiger partial charge in [-0.15, -0.1) is 0 Å². The van der Waals surface area contributed by atoms with Crippen molar-refractivity contribution in [3.63, 3.8) is 0 Å². The highest BCUT2D eigenvalue weighted by Crippen LogP contribution is 2.15. The molecule has 0 aliphatic carbocycles. The first-order chi connectivity index (χ1) is 9.58. The quantitative estimate of drug-likeness (QED) is 0.216. The molecule has 0 bridgehead atoms. The van der Waals surface area contributed by atoms with E-state index in [4.69, 9.17) is 11.3 Å². The van der Waals surface area contributed by atoms with Gasteiger partial charge in [0, 0.05) is 0 Å². The van der Waals surface area contributed by atoms with Gasteiger partial charge in [-0.1, -0.05) is 12.1 Å². The lowest BCUT2D eigenvalue weighted by molar-refractivity contribution is -0.138. The summed E-state index contributed by atoms with van der Waals surface area (Å²) in [6, 6.07) is 6.66. The Hall–Kier alpha value is -2.81. The van der Waals surface area contributed by atoms with Gasteiger partial charge in [0.25, 0.3) is 0 Å². The molecule has 0 spiro atoms. The number of rotatable bonds is 5. The van der Waals surface area contributed by atoms with E-state index in [1.807, 2.05) is 0 Å². The van der Waals surface area contributed by atoms with Crippen LogP contribution in [0.3, 0.4) is 0 Å². The summed E-state index contributed by atoms with van der Waals surface area (Å²) >= 11 is 0. The van der Waals surface area contributed by atoms with Crippen LogP contribution in [0, 0.1) is 6.57 Å². The van der Waals surface area contributed by atoms with Crippen LogP contribution in [0.15, 0.2) is 40.7 Å². The Balaban J connectivity index is 2.73. The van der Waals surface area contributed by atoms with Crippen LogP contribution in [-0.4, -0.2) is 23.9 Å². The third kappa shape index (κ3) is 4.46. The van der Waals surface area contributed by atoms with Crippen molar-refractivity contribution in [2.24, 2.45) is 5.10 Å². The van der Waals surface area contributed by atoms with Gasteiger partial charge >= 0.3 is 5.97 Å². The van der Waals surface area contributed by atoms with Gasteiger partial charge in [0.1, 0.15) is 11.3 Å². The van der Waals surface area contributed by atoms with Crippen molar-refractivity contribution < 1.29 is 14.6 Å². The van der Waals surface area contributed by atoms with Gasteiger partial charge in [0.15, 0.2) is 5.69 Å². The molecule has 6 heteroatoms. The van der Waals surface area contributed by atoms with Gasteiger partial charge in [-0.2, -0.15) is 5.10 Å². The Morgan fingerprint density at radius 2 is 2.15 bits per heavy atom. The number of allylic oxidation sites excluding steroid dienone is 1. The molecule has 0 amide bonds. The lowest BCUT2D eigenvalue weighted by atomic mass is 10.2. The lowest BCUT2D eigenvalue weighted by Gasteiger charge is -2.04. The molecule has 0 aliphatic heterocycles. The number of aliphatic hydroxyl groups is 1. The van der Waals surface area contributed by atoms with E-state index < -0.39 is 5.97 Å². The molecule has 0 unspecified atom stereocenters. The first-order valence-corrected chi connectivity index (χ1v) is 5.92. The average molecular weight is 273 g/mol. The monoisotopic (exact) mass is 273 g/mol. The molecule has 0 aromatic heterocycles. The molecule has 0 heterocycles. The molecule has 104 valence electrons. The zero-order valence-corrected chi connectivity index (χ0v) is 11.3. The number of esters is 1. The van der Waals surface area contributed by atoms with Gasteiger partial charge in [-0.05, 0) is 26.0 Å². The molecular formula is C14H15N3O3. The summed E-state index contributed by atoms with van der Waals surface area (Å²) < 4.78 is 4.79. The van der Waals surface area contributed by atoms with Crippen LogP contribution in [-0.2, 0) is 9.53 Å². The number of hydrogen-bond acceptors (Lipinski definition) is 5. The summed E-state index contributed by atoms with van der Waals surface area (Å²) in [6.45, 7) is 10.1. The molecule has 0 atom stereocenters. The third-order valence-electron chi connectivity index (χ3n) is 2.27. The van der Waals surface area contributed by atoms with Crippen LogP contribution in [0.5, 0.6) is 0 Å². The number of anilines is 1. The molecule has 0 aliphatic rings. The Bertz CT molecular complexity index is 564. The van der Waals surface area contributed by atoms with Gasteiger partial charge in [0.2, 0.25) is 0 Å². The van der Waals surface area contributed by atoms with Gasteiger partial charge in [-0.3, -0.25) is 5.43 Å². The maximum absolute atomic E-state index is 11.5. The Morgan fingerprint density at radius 3 is 2.65 bits per heavy atom. The number of nitrogens with one attached hydrogen (secondary N) is 1. The van der Waals surface area contributed by atoms with Crippen molar-refractivity contribution >= 4 is 23.6 Å². The highest BCUT2D eigenvalue weighted by molar-refractivity contribution is 6.09. The molecule has 0 saturated heterocycles. The van der Waals surface area contributed by atoms with Crippen molar-refractivity contribution in [2.45, 2.75) is 13.8 Å². The molecule has 1 aromatic carbocycles. The second-order valence-corrected chi connectivity index (χ2v) is 3.75. The van der Waals surface area contributed by atoms with Crippen LogP contribution in [0.2, 0.25) is 0 Å². The van der Waals surface area contributed by atoms with E-state index in [1.54, 1.807) is 31.2 Å². The number of hydrogen-bond donors (Lipinski definition) is 2. The minimum atomic E-state index is -0.638. The van der Waals surface area contributed by atoms with E-state index in [2.05, 4.69) is 15.4 Å². The van der Waals surface area contributed by atoms with Crippen molar-refractivity contribution in [1.82, 2.24) is 0 Å². The van der Waals surface area contributed by atoms with Crippen molar-refractivity contribution in [2.75, 3.05) is 12.0 Å². The fourth-order valence-corrected chi connectivity index (χ4v) is 1.28. The highest BCUT2D eigenvalue weighted by Gasteiger charge is 2.11. The summed E-state index contributed by atoms with van der Waals surface area (Å²) in [5, 5.41) is 13.3. The predicted molar refractivity (Wildman–Crippen MR) is 76.8 cm³/mol. The maximum atomic E-state index is 11.5. The molecule has 2 N–H and O–H groups in total. The number of carbonyl (C=O) groups excluding carboxylic acids is 1. The Labute approximate surface area is 117 Å². The normalized spacial score (nSPS) is 11.7. The smallest absolute Gasteiger partial charge is 0.343 e. The molecule has 20 heavy (non-hydrogen) atoms. The van der Waals surface area contributed by atoms with E-state index in [1.165, 1.54) is 13.1 Å². The molecular weight excluding hydrogens is 258 g/mol. The van der Waals surface area contributed by atoms with Crippen LogP contribution in [0.1, 0.15) is 13.8 Å². The van der Waals surface area contributed by atoms with E-state index in [9.17, 15) is 9.90 Å². The van der Waals surface area contributed by atoms with Crippen LogP contribution >= 0.6 is 0 Å². The largest absolute Gasteiger partial charge is 0.512 e. The third-order valence-corrected chi connectivity index (χ3v) is 2.27. The van der Waals surface area contributed by atoms with E-state index in [-0.39, 0.29) is 17.9 Å². The highest BCUT2D eigenvalue weighted by atomic mass is 16.5. The number of nitrogens with zero attached hydrogens (tertiary/aromatic N) is 2. The predicted octanol–water partition coefficient (Wildman–Crippen LogP) is 3.03. The van der Waals surface area contributed by atoms with Gasteiger partial charge in [-0.25, -0.2) is 9.64 Å². The summed E-state index contributed by atoms with van der Waals surface area (Å²) in [5.74, 6) is -0.807. The number of ether oxygens (including phenoxy) is 1. The second kappa shape index (κ2) is 7.59. The van der Waals surface area contributed by atoms with E-state index in [0.717, 1.165) is 0 Å². The van der Waals surface area contributed by atoms with E-state index >= 15 is 0 Å². The SMILES string of the molecule is [C-]#[N+]c1ccc(N/N=C/C(C(=O)OCC)=C(/C)O)cc1. The first kappa shape index (κ1) is 15.2. The fourth-order valence-electron chi connectivity index (χ4n) is 1.28. The number of carbonyl (C=O) groups is 1. The van der Waals surface area contributed by atoms with E-state index in [0.29, 0.717) is 11.4 Å². The molecule has 1 aromatic rings. The molecule has 6 nitrogen and oxygen atoms in total. The molecule has 0 radical (unpaired) electrons. The summed E-state index contributed by atoms with van der Waals surface area (Å²) in [5.41, 5.74) is 3.86. The standard InChI is InChI=1S/C14H15N3O3/c1-4-20-14(19)13(10(2)18)9-16-17-12-7-5-11(15-3)6-8-12/h5-9,17-18H,4H2,1-2H3/b13-10+,16-9+. The minimum absolute atomic E-state index is 0.0165. The molecule has 0 saturated carbocycles. The molecule has 0 fully saturated rings. The summed E-state index contributed by atoms with van der Waals surface area (Å²) in [6.07, 6.45) is 1.19. The number of benzene rings is 1. The number of aliphatic hydroxyl groups excluding tert-OH is 1. The Morgan fingerprint density at radius 1 is 1.50 bits per heavy atom. The van der Waals surface area contributed by atoms with Gasteiger partial charge < -0.3 is 9.84 Å². The lowest BCUT2D eigenvalue weighted by Crippen LogP contribution is -2.11. The Kier molecular flexibility index (Phi) is 5.78.